The summed E-state index contributed by atoms with van der Waals surface area (Å²) in [5, 5.41) is 6.43. The number of nitrogens with one attached hydrogen (secondary N) is 2. The van der Waals surface area contributed by atoms with E-state index in [1.165, 1.54) is 6.42 Å². The summed E-state index contributed by atoms with van der Waals surface area (Å²) < 4.78 is 10.7. The predicted molar refractivity (Wildman–Crippen MR) is 106 cm³/mol. The molecule has 2 rings (SSSR count). The summed E-state index contributed by atoms with van der Waals surface area (Å²) in [6.45, 7) is 5.81. The van der Waals surface area contributed by atoms with Gasteiger partial charge in [0, 0.05) is 18.2 Å². The van der Waals surface area contributed by atoms with Crippen molar-refractivity contribution in [1.82, 2.24) is 15.5 Å². The third-order valence-corrected chi connectivity index (χ3v) is 5.05. The van der Waals surface area contributed by atoms with Crippen molar-refractivity contribution in [2.45, 2.75) is 44.8 Å². The number of halogens is 1. The van der Waals surface area contributed by atoms with Crippen molar-refractivity contribution >= 4 is 18.3 Å². The summed E-state index contributed by atoms with van der Waals surface area (Å²) in [5.74, 6) is 1.53. The van der Waals surface area contributed by atoms with E-state index in [-0.39, 0.29) is 30.4 Å². The van der Waals surface area contributed by atoms with Crippen LogP contribution in [0.15, 0.2) is 18.2 Å². The first-order valence-corrected chi connectivity index (χ1v) is 8.93. The topological polar surface area (TPSA) is 62.8 Å². The number of likely N-dealkylation sites (tertiary alicyclic amines) is 1. The fourth-order valence-corrected chi connectivity index (χ4v) is 3.35. The normalized spacial score (nSPS) is 19.8. The van der Waals surface area contributed by atoms with Crippen molar-refractivity contribution in [2.24, 2.45) is 0 Å². The van der Waals surface area contributed by atoms with Gasteiger partial charge in [0.05, 0.1) is 26.3 Å². The molecule has 0 radical (unpaired) electrons. The molecule has 6 nitrogen and oxygen atoms in total. The van der Waals surface area contributed by atoms with Crippen LogP contribution in [0.4, 0.5) is 0 Å². The van der Waals surface area contributed by atoms with Crippen molar-refractivity contribution in [3.63, 3.8) is 0 Å². The number of ether oxygens (including phenoxy) is 2. The number of amides is 1. The maximum atomic E-state index is 12.7. The van der Waals surface area contributed by atoms with E-state index in [2.05, 4.69) is 15.5 Å². The molecular formula is C19H32ClN3O3. The van der Waals surface area contributed by atoms with E-state index < -0.39 is 0 Å². The molecule has 26 heavy (non-hydrogen) atoms. The van der Waals surface area contributed by atoms with Crippen molar-refractivity contribution < 1.29 is 14.3 Å². The molecule has 0 bridgehead atoms. The van der Waals surface area contributed by atoms with Crippen LogP contribution in [0.2, 0.25) is 0 Å². The van der Waals surface area contributed by atoms with Crippen molar-refractivity contribution in [3.05, 3.63) is 23.8 Å². The molecule has 148 valence electrons. The first kappa shape index (κ1) is 22.5. The number of piperidine rings is 1. The maximum absolute atomic E-state index is 12.7. The SMILES string of the molecule is CNC1CCCN(C(C)C(=O)NC(C)c2cc(OC)ccc2OC)C1.Cl. The smallest absolute Gasteiger partial charge is 0.237 e. The average Bonchev–Trinajstić information content (AvgIpc) is 2.66. The number of methoxy groups -OCH3 is 2. The van der Waals surface area contributed by atoms with Gasteiger partial charge in [-0.1, -0.05) is 0 Å². The number of benzene rings is 1. The number of rotatable bonds is 7. The fourth-order valence-electron chi connectivity index (χ4n) is 3.35. The lowest BCUT2D eigenvalue weighted by molar-refractivity contribution is -0.127. The van der Waals surface area contributed by atoms with Crippen molar-refractivity contribution in [1.29, 1.82) is 0 Å². The summed E-state index contributed by atoms with van der Waals surface area (Å²) in [6, 6.07) is 5.76. The monoisotopic (exact) mass is 385 g/mol. The quantitative estimate of drug-likeness (QED) is 0.754. The van der Waals surface area contributed by atoms with E-state index in [4.69, 9.17) is 9.47 Å². The molecule has 0 saturated carbocycles. The van der Waals surface area contributed by atoms with E-state index in [1.54, 1.807) is 14.2 Å². The minimum atomic E-state index is -0.162. The first-order valence-electron chi connectivity index (χ1n) is 8.93. The minimum absolute atomic E-state index is 0. The van der Waals surface area contributed by atoms with E-state index in [0.717, 1.165) is 36.6 Å². The second kappa shape index (κ2) is 10.6. The number of carbonyl (C=O) groups is 1. The van der Waals surface area contributed by atoms with Crippen molar-refractivity contribution in [2.75, 3.05) is 34.4 Å². The van der Waals surface area contributed by atoms with Crippen LogP contribution >= 0.6 is 12.4 Å². The molecule has 2 N–H and O–H groups in total. The van der Waals surface area contributed by atoms with Crippen LogP contribution in [-0.4, -0.2) is 57.2 Å². The van der Waals surface area contributed by atoms with Gasteiger partial charge in [0.25, 0.3) is 0 Å². The Bertz CT molecular complexity index is 585. The van der Waals surface area contributed by atoms with Crippen LogP contribution in [0.3, 0.4) is 0 Å². The number of nitrogens with zero attached hydrogens (tertiary/aromatic N) is 1. The molecule has 1 aliphatic heterocycles. The number of hydrogen-bond acceptors (Lipinski definition) is 5. The third-order valence-electron chi connectivity index (χ3n) is 5.05. The van der Waals surface area contributed by atoms with Crippen LogP contribution < -0.4 is 20.1 Å². The molecular weight excluding hydrogens is 354 g/mol. The van der Waals surface area contributed by atoms with E-state index in [1.807, 2.05) is 39.1 Å². The molecule has 1 heterocycles. The average molecular weight is 386 g/mol. The predicted octanol–water partition coefficient (Wildman–Crippen LogP) is 2.38. The van der Waals surface area contributed by atoms with Crippen LogP contribution in [0.1, 0.15) is 38.3 Å². The largest absolute Gasteiger partial charge is 0.497 e. The molecule has 0 spiro atoms. The molecule has 0 aromatic heterocycles. The first-order chi connectivity index (χ1) is 12.0. The van der Waals surface area contributed by atoms with Gasteiger partial charge in [-0.3, -0.25) is 9.69 Å². The molecule has 7 heteroatoms. The van der Waals surface area contributed by atoms with Gasteiger partial charge >= 0.3 is 0 Å². The molecule has 1 aromatic carbocycles. The highest BCUT2D eigenvalue weighted by atomic mass is 35.5. The lowest BCUT2D eigenvalue weighted by atomic mass is 10.0. The van der Waals surface area contributed by atoms with Gasteiger partial charge in [0.1, 0.15) is 11.5 Å². The lowest BCUT2D eigenvalue weighted by Crippen LogP contribution is -2.52. The van der Waals surface area contributed by atoms with Crippen LogP contribution in [0.25, 0.3) is 0 Å². The Kier molecular flexibility index (Phi) is 9.19. The summed E-state index contributed by atoms with van der Waals surface area (Å²) in [7, 11) is 5.25. The number of hydrogen-bond donors (Lipinski definition) is 2. The lowest BCUT2D eigenvalue weighted by Gasteiger charge is -2.36. The Morgan fingerprint density at radius 2 is 2.00 bits per heavy atom. The zero-order chi connectivity index (χ0) is 18.4. The van der Waals surface area contributed by atoms with Crippen LogP contribution in [-0.2, 0) is 4.79 Å². The molecule has 1 saturated heterocycles. The number of likely N-dealkylation sites (N-methyl/N-ethyl adjacent to an activating group) is 1. The Labute approximate surface area is 163 Å². The fraction of sp³-hybridized carbons (Fsp3) is 0.632. The number of carbonyl (C=O) groups excluding carboxylic acids is 1. The van der Waals surface area contributed by atoms with Gasteiger partial charge in [-0.15, -0.1) is 12.4 Å². The molecule has 0 aliphatic carbocycles. The molecule has 1 aromatic rings. The molecule has 1 amide bonds. The molecule has 1 aliphatic rings. The van der Waals surface area contributed by atoms with E-state index >= 15 is 0 Å². The van der Waals surface area contributed by atoms with Gasteiger partial charge in [-0.25, -0.2) is 0 Å². The zero-order valence-electron chi connectivity index (χ0n) is 16.4. The van der Waals surface area contributed by atoms with Crippen LogP contribution in [0.5, 0.6) is 11.5 Å². The molecule has 3 atom stereocenters. The third kappa shape index (κ3) is 5.50. The van der Waals surface area contributed by atoms with Gasteiger partial charge in [0.15, 0.2) is 0 Å². The summed E-state index contributed by atoms with van der Waals surface area (Å²) in [5.41, 5.74) is 0.911. The second-order valence-electron chi connectivity index (χ2n) is 6.64. The Balaban J connectivity index is 0.00000338. The highest BCUT2D eigenvalue weighted by Crippen LogP contribution is 2.29. The Morgan fingerprint density at radius 3 is 2.62 bits per heavy atom. The maximum Gasteiger partial charge on any atom is 0.237 e. The van der Waals surface area contributed by atoms with E-state index in [9.17, 15) is 4.79 Å². The highest BCUT2D eigenvalue weighted by molar-refractivity contribution is 5.85. The van der Waals surface area contributed by atoms with E-state index in [0.29, 0.717) is 6.04 Å². The minimum Gasteiger partial charge on any atom is -0.497 e. The second-order valence-corrected chi connectivity index (χ2v) is 6.64. The summed E-state index contributed by atoms with van der Waals surface area (Å²) >= 11 is 0. The van der Waals surface area contributed by atoms with Gasteiger partial charge < -0.3 is 20.1 Å². The Morgan fingerprint density at radius 1 is 1.27 bits per heavy atom. The zero-order valence-corrected chi connectivity index (χ0v) is 17.2. The van der Waals surface area contributed by atoms with Gasteiger partial charge in [-0.2, -0.15) is 0 Å². The standard InChI is InChI=1S/C19H31N3O3.ClH/c1-13(17-11-16(24-4)8-9-18(17)25-5)21-19(23)14(2)22-10-6-7-15(12-22)20-3;/h8-9,11,13-15,20H,6-7,10,12H2,1-5H3,(H,21,23);1H. The molecule has 1 fully saturated rings. The van der Waals surface area contributed by atoms with Gasteiger partial charge in [-0.05, 0) is 58.5 Å². The summed E-state index contributed by atoms with van der Waals surface area (Å²) in [6.07, 6.45) is 2.28. The molecule has 3 unspecified atom stereocenters. The van der Waals surface area contributed by atoms with Crippen LogP contribution in [0, 0.1) is 0 Å². The van der Waals surface area contributed by atoms with Gasteiger partial charge in [0.2, 0.25) is 5.91 Å². The highest BCUT2D eigenvalue weighted by Gasteiger charge is 2.28. The summed E-state index contributed by atoms with van der Waals surface area (Å²) in [4.78, 5) is 15.0. The Hall–Kier alpha value is -1.50. The van der Waals surface area contributed by atoms with Crippen molar-refractivity contribution in [3.8, 4) is 11.5 Å².